The van der Waals surface area contributed by atoms with Crippen molar-refractivity contribution in [1.82, 2.24) is 0 Å². The molecule has 0 aromatic heterocycles. The van der Waals surface area contributed by atoms with Crippen LogP contribution in [0.2, 0.25) is 0 Å². The molecule has 1 aromatic carbocycles. The summed E-state index contributed by atoms with van der Waals surface area (Å²) >= 11 is 0. The van der Waals surface area contributed by atoms with E-state index in [1.807, 2.05) is 54.6 Å². The smallest absolute Gasteiger partial charge is 0.147 e. The molecule has 0 N–H and O–H groups in total. The molecule has 0 amide bonds. The zero-order valence-electron chi connectivity index (χ0n) is 7.89. The molecule has 0 aliphatic heterocycles. The highest BCUT2D eigenvalue weighted by Crippen LogP contribution is 2.13. The highest BCUT2D eigenvalue weighted by atomic mass is 16.1. The summed E-state index contributed by atoms with van der Waals surface area (Å²) in [6, 6.07) is 9.86. The second kappa shape index (κ2) is 4.05. The first-order chi connectivity index (χ1) is 6.86. The molecule has 0 spiro atoms. The molecule has 1 aliphatic rings. The van der Waals surface area contributed by atoms with Crippen LogP contribution in [0.5, 0.6) is 0 Å². The lowest BCUT2D eigenvalue weighted by Crippen LogP contribution is -2.11. The minimum atomic E-state index is -0.00444. The monoisotopic (exact) mass is 184 g/mol. The van der Waals surface area contributed by atoms with Gasteiger partial charge < -0.3 is 0 Å². The van der Waals surface area contributed by atoms with Crippen LogP contribution in [-0.2, 0) is 11.2 Å². The van der Waals surface area contributed by atoms with E-state index in [1.54, 1.807) is 0 Å². The third-order valence-corrected chi connectivity index (χ3v) is 2.34. The predicted octanol–water partition coefficient (Wildman–Crippen LogP) is 2.54. The largest absolute Gasteiger partial charge is 0.298 e. The molecule has 1 nitrogen and oxygen atoms in total. The van der Waals surface area contributed by atoms with Crippen molar-refractivity contribution >= 4 is 5.78 Å². The molecule has 0 radical (unpaired) electrons. The quantitative estimate of drug-likeness (QED) is 0.705. The molecule has 2 rings (SSSR count). The molecule has 0 fully saturated rings. The van der Waals surface area contributed by atoms with Crippen molar-refractivity contribution in [3.8, 4) is 0 Å². The average Bonchev–Trinajstić information content (AvgIpc) is 2.72. The number of carbonyl (C=O) groups is 1. The van der Waals surface area contributed by atoms with E-state index < -0.39 is 0 Å². The van der Waals surface area contributed by atoms with E-state index in [4.69, 9.17) is 0 Å². The van der Waals surface area contributed by atoms with Crippen LogP contribution in [0.4, 0.5) is 0 Å². The van der Waals surface area contributed by atoms with Gasteiger partial charge in [-0.1, -0.05) is 54.6 Å². The van der Waals surface area contributed by atoms with E-state index in [9.17, 15) is 4.79 Å². The number of benzene rings is 1. The Morgan fingerprint density at radius 3 is 2.36 bits per heavy atom. The maximum atomic E-state index is 11.7. The van der Waals surface area contributed by atoms with Crippen LogP contribution in [0.25, 0.3) is 0 Å². The van der Waals surface area contributed by atoms with Gasteiger partial charge in [0, 0.05) is 6.42 Å². The zero-order chi connectivity index (χ0) is 9.80. The zero-order valence-corrected chi connectivity index (χ0v) is 7.89. The molecule has 14 heavy (non-hydrogen) atoms. The van der Waals surface area contributed by atoms with Crippen LogP contribution in [-0.4, -0.2) is 5.78 Å². The van der Waals surface area contributed by atoms with E-state index >= 15 is 0 Å². The number of carbonyl (C=O) groups excluding carboxylic acids is 1. The number of hydrogen-bond donors (Lipinski definition) is 0. The highest BCUT2D eigenvalue weighted by molar-refractivity contribution is 5.87. The van der Waals surface area contributed by atoms with Crippen LogP contribution in [0, 0.1) is 5.92 Å². The van der Waals surface area contributed by atoms with Gasteiger partial charge in [0.1, 0.15) is 5.78 Å². The molecule has 70 valence electrons. The highest BCUT2D eigenvalue weighted by Gasteiger charge is 2.13. The summed E-state index contributed by atoms with van der Waals surface area (Å²) in [7, 11) is 0. The van der Waals surface area contributed by atoms with Gasteiger partial charge in [0.15, 0.2) is 0 Å². The third-order valence-electron chi connectivity index (χ3n) is 2.34. The van der Waals surface area contributed by atoms with E-state index in [-0.39, 0.29) is 11.7 Å². The lowest BCUT2D eigenvalue weighted by Gasteiger charge is -2.03. The number of hydrogen-bond acceptors (Lipinski definition) is 1. The number of ketones is 1. The maximum Gasteiger partial charge on any atom is 0.147 e. The van der Waals surface area contributed by atoms with E-state index in [2.05, 4.69) is 0 Å². The van der Waals surface area contributed by atoms with Gasteiger partial charge in [-0.3, -0.25) is 4.79 Å². The average molecular weight is 184 g/mol. The van der Waals surface area contributed by atoms with Crippen molar-refractivity contribution in [2.45, 2.75) is 6.42 Å². The third kappa shape index (κ3) is 1.99. The van der Waals surface area contributed by atoms with Crippen LogP contribution in [0.1, 0.15) is 5.56 Å². The Morgan fingerprint density at radius 1 is 1.07 bits per heavy atom. The van der Waals surface area contributed by atoms with E-state index in [0.717, 1.165) is 5.56 Å². The van der Waals surface area contributed by atoms with Gasteiger partial charge in [-0.2, -0.15) is 0 Å². The Bertz CT molecular complexity index is 361. The Labute approximate surface area is 83.8 Å². The fourth-order valence-electron chi connectivity index (χ4n) is 1.56. The van der Waals surface area contributed by atoms with Gasteiger partial charge in [-0.15, -0.1) is 0 Å². The van der Waals surface area contributed by atoms with Gasteiger partial charge >= 0.3 is 0 Å². The second-order valence-corrected chi connectivity index (χ2v) is 3.42. The topological polar surface area (TPSA) is 17.1 Å². The van der Waals surface area contributed by atoms with Gasteiger partial charge in [0.05, 0.1) is 5.92 Å². The number of rotatable bonds is 3. The summed E-state index contributed by atoms with van der Waals surface area (Å²) in [5.41, 5.74) is 1.09. The van der Waals surface area contributed by atoms with Crippen LogP contribution in [0.15, 0.2) is 54.6 Å². The summed E-state index contributed by atoms with van der Waals surface area (Å²) in [6.45, 7) is 0. The molecule has 0 heterocycles. The Hall–Kier alpha value is -1.63. The first-order valence-electron chi connectivity index (χ1n) is 4.78. The summed E-state index contributed by atoms with van der Waals surface area (Å²) < 4.78 is 0. The number of allylic oxidation sites excluding steroid dienone is 4. The van der Waals surface area contributed by atoms with Crippen molar-refractivity contribution < 1.29 is 4.79 Å². The summed E-state index contributed by atoms with van der Waals surface area (Å²) in [6.07, 6.45) is 8.25. The molecular formula is C13H12O. The molecule has 0 unspecified atom stereocenters. The SMILES string of the molecule is O=C(Cc1ccccc1)C1C=CC=C1. The van der Waals surface area contributed by atoms with Crippen LogP contribution >= 0.6 is 0 Å². The second-order valence-electron chi connectivity index (χ2n) is 3.42. The standard InChI is InChI=1S/C13H12O/c14-13(12-8-4-5-9-12)10-11-6-2-1-3-7-11/h1-9,12H,10H2. The Balaban J connectivity index is 2.02. The Morgan fingerprint density at radius 2 is 1.71 bits per heavy atom. The molecule has 0 atom stereocenters. The number of Topliss-reactive ketones (excluding diaryl/α,β-unsaturated/α-hetero) is 1. The lowest BCUT2D eigenvalue weighted by molar-refractivity contribution is -0.119. The molecule has 0 saturated carbocycles. The molecule has 0 bridgehead atoms. The van der Waals surface area contributed by atoms with Gasteiger partial charge in [-0.25, -0.2) is 0 Å². The van der Waals surface area contributed by atoms with E-state index in [1.165, 1.54) is 0 Å². The minimum absolute atomic E-state index is 0.00444. The summed E-state index contributed by atoms with van der Waals surface area (Å²) in [5.74, 6) is 0.261. The fourth-order valence-corrected chi connectivity index (χ4v) is 1.56. The summed E-state index contributed by atoms with van der Waals surface area (Å²) in [4.78, 5) is 11.7. The van der Waals surface area contributed by atoms with Crippen molar-refractivity contribution in [3.05, 3.63) is 60.2 Å². The Kier molecular flexibility index (Phi) is 2.59. The van der Waals surface area contributed by atoms with Crippen molar-refractivity contribution in [2.24, 2.45) is 5.92 Å². The first kappa shape index (κ1) is 8.95. The predicted molar refractivity (Wildman–Crippen MR) is 56.9 cm³/mol. The van der Waals surface area contributed by atoms with Gasteiger partial charge in [0.25, 0.3) is 0 Å². The first-order valence-corrected chi connectivity index (χ1v) is 4.78. The minimum Gasteiger partial charge on any atom is -0.298 e. The molecular weight excluding hydrogens is 172 g/mol. The lowest BCUT2D eigenvalue weighted by atomic mass is 9.99. The molecule has 1 aromatic rings. The molecule has 1 heteroatoms. The van der Waals surface area contributed by atoms with Gasteiger partial charge in [0.2, 0.25) is 0 Å². The summed E-state index contributed by atoms with van der Waals surface area (Å²) in [5, 5.41) is 0. The molecule has 1 aliphatic carbocycles. The van der Waals surface area contributed by atoms with Crippen molar-refractivity contribution in [1.29, 1.82) is 0 Å². The normalized spacial score (nSPS) is 14.9. The van der Waals surface area contributed by atoms with Crippen molar-refractivity contribution in [2.75, 3.05) is 0 Å². The molecule has 0 saturated heterocycles. The van der Waals surface area contributed by atoms with Crippen LogP contribution < -0.4 is 0 Å². The fraction of sp³-hybridized carbons (Fsp3) is 0.154. The van der Waals surface area contributed by atoms with E-state index in [0.29, 0.717) is 6.42 Å². The maximum absolute atomic E-state index is 11.7. The van der Waals surface area contributed by atoms with Crippen molar-refractivity contribution in [3.63, 3.8) is 0 Å². The van der Waals surface area contributed by atoms with Gasteiger partial charge in [-0.05, 0) is 5.56 Å². The van der Waals surface area contributed by atoms with Crippen LogP contribution in [0.3, 0.4) is 0 Å².